The fourth-order valence-corrected chi connectivity index (χ4v) is 7.97. The first kappa shape index (κ1) is 34.8. The van der Waals surface area contributed by atoms with Gasteiger partial charge in [-0.3, -0.25) is 29.6 Å². The number of para-hydroxylation sites is 2. The number of piperazine rings is 1. The minimum Gasteiger partial charge on any atom is -0.356 e. The molecule has 0 atom stereocenters. The van der Waals surface area contributed by atoms with E-state index in [4.69, 9.17) is 16.6 Å². The van der Waals surface area contributed by atoms with Crippen LogP contribution in [0.15, 0.2) is 54.7 Å². The Bertz CT molecular complexity index is 1900. The molecule has 266 valence electrons. The van der Waals surface area contributed by atoms with E-state index in [1.807, 2.05) is 50.2 Å². The van der Waals surface area contributed by atoms with Crippen LogP contribution in [0.5, 0.6) is 0 Å². The predicted molar refractivity (Wildman–Crippen MR) is 200 cm³/mol. The Hall–Kier alpha value is -4.63. The normalized spacial score (nSPS) is 17.8. The number of rotatable bonds is 9. The molecule has 0 aliphatic carbocycles. The number of imide groups is 1. The van der Waals surface area contributed by atoms with E-state index in [9.17, 15) is 14.4 Å². The molecule has 51 heavy (non-hydrogen) atoms. The number of hydrogen-bond acceptors (Lipinski definition) is 11. The van der Waals surface area contributed by atoms with Crippen molar-refractivity contribution in [3.8, 4) is 0 Å². The summed E-state index contributed by atoms with van der Waals surface area (Å²) >= 11 is 7.55. The number of hydrogen-bond donors (Lipinski definition) is 3. The number of nitrogens with one attached hydrogen (secondary N) is 3. The molecule has 3 N–H and O–H groups in total. The molecule has 4 amide bonds. The summed E-state index contributed by atoms with van der Waals surface area (Å²) in [7, 11) is 0. The van der Waals surface area contributed by atoms with Crippen LogP contribution in [0.2, 0.25) is 5.02 Å². The SMILES string of the molecule is Cc1nc(Nc2ncc(C(=O)Nc3c(C)cccc3Cl)s2)cc(N2CCC(N3CCN(Cc4ccccc4N4CCC(=O)NC4=O)CC3)CC2)n1. The van der Waals surface area contributed by atoms with Crippen molar-refractivity contribution in [3.05, 3.63) is 81.6 Å². The highest BCUT2D eigenvalue weighted by atomic mass is 35.5. The Morgan fingerprint density at radius 2 is 1.76 bits per heavy atom. The van der Waals surface area contributed by atoms with Crippen molar-refractivity contribution in [2.75, 3.05) is 66.2 Å². The maximum atomic E-state index is 12.9. The maximum absolute atomic E-state index is 12.9. The van der Waals surface area contributed by atoms with E-state index in [-0.39, 0.29) is 17.8 Å². The van der Waals surface area contributed by atoms with Gasteiger partial charge in [-0.25, -0.2) is 19.7 Å². The summed E-state index contributed by atoms with van der Waals surface area (Å²) in [6.07, 6.45) is 3.96. The predicted octanol–water partition coefficient (Wildman–Crippen LogP) is 5.43. The first-order valence-corrected chi connectivity index (χ1v) is 18.5. The second kappa shape index (κ2) is 15.3. The van der Waals surface area contributed by atoms with Gasteiger partial charge in [0.15, 0.2) is 5.13 Å². The molecule has 3 aliphatic rings. The number of carbonyl (C=O) groups excluding carboxylic acids is 3. The summed E-state index contributed by atoms with van der Waals surface area (Å²) in [5, 5.41) is 9.66. The largest absolute Gasteiger partial charge is 0.356 e. The number of aromatic nitrogens is 3. The molecule has 2 aromatic carbocycles. The van der Waals surface area contributed by atoms with Crippen molar-refractivity contribution >= 4 is 68.9 Å². The quantitative estimate of drug-likeness (QED) is 0.205. The summed E-state index contributed by atoms with van der Waals surface area (Å²) in [4.78, 5) is 60.4. The van der Waals surface area contributed by atoms with Gasteiger partial charge in [0.05, 0.1) is 16.9 Å². The van der Waals surface area contributed by atoms with Crippen LogP contribution in [0, 0.1) is 13.8 Å². The first-order chi connectivity index (χ1) is 24.7. The van der Waals surface area contributed by atoms with Crippen LogP contribution in [-0.4, -0.2) is 94.5 Å². The number of aryl methyl sites for hydroxylation is 2. The van der Waals surface area contributed by atoms with Crippen LogP contribution in [0.25, 0.3) is 0 Å². The lowest BCUT2D eigenvalue weighted by atomic mass is 10.0. The maximum Gasteiger partial charge on any atom is 0.328 e. The monoisotopic (exact) mass is 728 g/mol. The summed E-state index contributed by atoms with van der Waals surface area (Å²) in [5.41, 5.74) is 3.45. The third-order valence-electron chi connectivity index (χ3n) is 9.69. The fourth-order valence-electron chi connectivity index (χ4n) is 6.98. The molecule has 3 aliphatic heterocycles. The molecule has 0 bridgehead atoms. The molecule has 2 aromatic heterocycles. The summed E-state index contributed by atoms with van der Waals surface area (Å²) in [5.74, 6) is 1.68. The van der Waals surface area contributed by atoms with Gasteiger partial charge in [0.25, 0.3) is 5.91 Å². The van der Waals surface area contributed by atoms with Crippen molar-refractivity contribution in [2.24, 2.45) is 0 Å². The number of nitrogens with zero attached hydrogens (tertiary/aromatic N) is 7. The second-order valence-corrected chi connectivity index (χ2v) is 14.6. The Morgan fingerprint density at radius 1 is 0.980 bits per heavy atom. The second-order valence-electron chi connectivity index (χ2n) is 13.1. The number of halogens is 1. The van der Waals surface area contributed by atoms with E-state index in [1.165, 1.54) is 11.3 Å². The number of amides is 4. The van der Waals surface area contributed by atoms with Crippen molar-refractivity contribution in [2.45, 2.75) is 45.7 Å². The average molecular weight is 729 g/mol. The van der Waals surface area contributed by atoms with E-state index in [0.717, 1.165) is 81.3 Å². The third-order valence-corrected chi connectivity index (χ3v) is 10.9. The zero-order chi connectivity index (χ0) is 35.5. The number of benzene rings is 2. The van der Waals surface area contributed by atoms with E-state index >= 15 is 0 Å². The molecule has 4 aromatic rings. The van der Waals surface area contributed by atoms with Gasteiger partial charge in [-0.05, 0) is 49.9 Å². The smallest absolute Gasteiger partial charge is 0.328 e. The molecule has 0 radical (unpaired) electrons. The van der Waals surface area contributed by atoms with Crippen LogP contribution < -0.4 is 25.8 Å². The third kappa shape index (κ3) is 8.14. The molecule has 13 nitrogen and oxygen atoms in total. The molecule has 0 spiro atoms. The minimum atomic E-state index is -0.348. The van der Waals surface area contributed by atoms with E-state index in [0.29, 0.717) is 51.4 Å². The van der Waals surface area contributed by atoms with Gasteiger partial charge < -0.3 is 15.5 Å². The number of urea groups is 1. The van der Waals surface area contributed by atoms with Crippen LogP contribution in [0.1, 0.15) is 45.9 Å². The average Bonchev–Trinajstić information content (AvgIpc) is 3.59. The Balaban J connectivity index is 0.905. The molecule has 5 heterocycles. The fraction of sp³-hybridized carbons (Fsp3) is 0.389. The topological polar surface area (TPSA) is 139 Å². The van der Waals surface area contributed by atoms with Crippen molar-refractivity contribution in [1.82, 2.24) is 30.1 Å². The number of anilines is 5. The summed E-state index contributed by atoms with van der Waals surface area (Å²) in [6, 6.07) is 15.6. The van der Waals surface area contributed by atoms with Gasteiger partial charge in [-0.15, -0.1) is 0 Å². The number of piperidine rings is 1. The van der Waals surface area contributed by atoms with Gasteiger partial charge in [0.1, 0.15) is 22.3 Å². The lowest BCUT2D eigenvalue weighted by molar-refractivity contribution is -0.120. The molecule has 7 rings (SSSR count). The van der Waals surface area contributed by atoms with E-state index in [1.54, 1.807) is 17.2 Å². The Morgan fingerprint density at radius 3 is 2.53 bits per heavy atom. The molecule has 15 heteroatoms. The highest BCUT2D eigenvalue weighted by molar-refractivity contribution is 7.17. The van der Waals surface area contributed by atoms with E-state index in [2.05, 4.69) is 46.7 Å². The lowest BCUT2D eigenvalue weighted by Crippen LogP contribution is -2.53. The first-order valence-electron chi connectivity index (χ1n) is 17.3. The molecular weight excluding hydrogens is 688 g/mol. The Kier molecular flexibility index (Phi) is 10.5. The molecular formula is C36H41ClN10O3S. The van der Waals surface area contributed by atoms with Gasteiger partial charge in [-0.1, -0.05) is 53.3 Å². The van der Waals surface area contributed by atoms with Crippen LogP contribution >= 0.6 is 22.9 Å². The van der Waals surface area contributed by atoms with Gasteiger partial charge >= 0.3 is 6.03 Å². The number of thiazole rings is 1. The highest BCUT2D eigenvalue weighted by Crippen LogP contribution is 2.30. The van der Waals surface area contributed by atoms with E-state index < -0.39 is 0 Å². The molecule has 3 fully saturated rings. The van der Waals surface area contributed by atoms with Crippen molar-refractivity contribution in [3.63, 3.8) is 0 Å². The van der Waals surface area contributed by atoms with Crippen molar-refractivity contribution in [1.29, 1.82) is 0 Å². The Labute approximate surface area is 306 Å². The van der Waals surface area contributed by atoms with Crippen molar-refractivity contribution < 1.29 is 14.4 Å². The van der Waals surface area contributed by atoms with Crippen LogP contribution in [0.3, 0.4) is 0 Å². The number of carbonyl (C=O) groups is 3. The standard InChI is InChI=1S/C36H41ClN10O3S/c1-23-6-5-8-27(37)33(23)43-34(49)29-21-38-35(51-29)41-30-20-31(40-24(2)39-30)46-13-10-26(11-14-46)45-18-16-44(17-19-45)22-25-7-3-4-9-28(25)47-15-12-32(48)42-36(47)50/h3-9,20-21,26H,10-19,22H2,1-2H3,(H,43,49)(H,42,48,50)(H,38,39,40,41). The van der Waals surface area contributed by atoms with Crippen LogP contribution in [0.4, 0.5) is 32.9 Å². The van der Waals surface area contributed by atoms with Gasteiger partial charge in [0.2, 0.25) is 5.91 Å². The minimum absolute atomic E-state index is 0.222. The molecule has 0 unspecified atom stereocenters. The molecule has 3 saturated heterocycles. The van der Waals surface area contributed by atoms with Gasteiger partial charge in [-0.2, -0.15) is 0 Å². The lowest BCUT2D eigenvalue weighted by Gasteiger charge is -2.43. The summed E-state index contributed by atoms with van der Waals surface area (Å²) in [6.45, 7) is 10.7. The summed E-state index contributed by atoms with van der Waals surface area (Å²) < 4.78 is 0. The molecule has 0 saturated carbocycles. The van der Waals surface area contributed by atoms with Gasteiger partial charge in [0, 0.05) is 76.6 Å². The van der Waals surface area contributed by atoms with Crippen LogP contribution in [-0.2, 0) is 11.3 Å². The zero-order valence-corrected chi connectivity index (χ0v) is 30.3. The zero-order valence-electron chi connectivity index (χ0n) is 28.7. The highest BCUT2D eigenvalue weighted by Gasteiger charge is 2.30.